The number of carbonyl (C=O) groups is 1. The number of carboxylic acid groups (broad SMARTS) is 1. The van der Waals surface area contributed by atoms with Crippen molar-refractivity contribution >= 4 is 39.1 Å². The molecule has 1 aromatic heterocycles. The van der Waals surface area contributed by atoms with Gasteiger partial charge in [0.2, 0.25) is 5.89 Å². The van der Waals surface area contributed by atoms with Crippen LogP contribution in [0, 0.1) is 0 Å². The molecule has 0 radical (unpaired) electrons. The molecule has 1 aromatic carbocycles. The van der Waals surface area contributed by atoms with Gasteiger partial charge in [-0.1, -0.05) is 22.0 Å². The largest absolute Gasteiger partial charge is 0.478 e. The minimum absolute atomic E-state index is 0.558. The molecule has 0 aliphatic heterocycles. The van der Waals surface area contributed by atoms with Crippen LogP contribution in [0.2, 0.25) is 0 Å². The third-order valence-electron chi connectivity index (χ3n) is 1.99. The molecule has 82 valence electrons. The molecule has 0 bridgehead atoms. The summed E-state index contributed by atoms with van der Waals surface area (Å²) >= 11 is 3.26. The van der Waals surface area contributed by atoms with E-state index in [9.17, 15) is 4.79 Å². The summed E-state index contributed by atoms with van der Waals surface area (Å²) < 4.78 is 5.43. The Kier molecular flexibility index (Phi) is 3.05. The lowest BCUT2D eigenvalue weighted by Gasteiger charge is -1.91. The Hall–Kier alpha value is -1.62. The molecule has 0 saturated carbocycles. The number of rotatable bonds is 3. The molecular weight excluding hydrogens is 274 g/mol. The number of aliphatic carboxylic acids is 1. The molecular formula is C11H8BrNO3. The lowest BCUT2D eigenvalue weighted by molar-refractivity contribution is -0.131. The van der Waals surface area contributed by atoms with E-state index in [-0.39, 0.29) is 0 Å². The van der Waals surface area contributed by atoms with Crippen LogP contribution in [-0.4, -0.2) is 16.1 Å². The van der Waals surface area contributed by atoms with Crippen LogP contribution in [0.4, 0.5) is 0 Å². The molecule has 0 amide bonds. The molecule has 2 aromatic rings. The molecule has 2 rings (SSSR count). The van der Waals surface area contributed by atoms with Crippen LogP contribution in [0.25, 0.3) is 17.2 Å². The average molecular weight is 282 g/mol. The Bertz CT molecular complexity index is 559. The molecule has 1 N–H and O–H groups in total. The zero-order chi connectivity index (χ0) is 11.5. The van der Waals surface area contributed by atoms with Crippen LogP contribution in [-0.2, 0) is 10.1 Å². The van der Waals surface area contributed by atoms with Gasteiger partial charge < -0.3 is 9.52 Å². The Balaban J connectivity index is 2.39. The maximum absolute atomic E-state index is 10.4. The zero-order valence-corrected chi connectivity index (χ0v) is 9.77. The molecule has 0 atom stereocenters. The molecule has 5 heteroatoms. The average Bonchev–Trinajstić information content (AvgIpc) is 2.68. The van der Waals surface area contributed by atoms with Crippen molar-refractivity contribution < 1.29 is 14.3 Å². The number of fused-ring (bicyclic) bond motifs is 1. The first-order valence-corrected chi connectivity index (χ1v) is 5.67. The second-order valence-electron chi connectivity index (χ2n) is 3.14. The first-order chi connectivity index (χ1) is 7.69. The van der Waals surface area contributed by atoms with E-state index in [4.69, 9.17) is 9.52 Å². The van der Waals surface area contributed by atoms with Gasteiger partial charge in [0, 0.05) is 6.08 Å². The highest BCUT2D eigenvalue weighted by Gasteiger charge is 2.04. The minimum Gasteiger partial charge on any atom is -0.478 e. The van der Waals surface area contributed by atoms with E-state index in [0.717, 1.165) is 17.2 Å². The second kappa shape index (κ2) is 4.49. The lowest BCUT2D eigenvalue weighted by Crippen LogP contribution is -1.85. The number of alkyl halides is 1. The molecule has 0 unspecified atom stereocenters. The molecule has 0 aliphatic rings. The Morgan fingerprint density at radius 2 is 2.38 bits per heavy atom. The fraction of sp³-hybridized carbons (Fsp3) is 0.0909. The van der Waals surface area contributed by atoms with Crippen molar-refractivity contribution in [2.45, 2.75) is 5.33 Å². The number of halogens is 1. The van der Waals surface area contributed by atoms with Gasteiger partial charge in [0.15, 0.2) is 5.58 Å². The first kappa shape index (κ1) is 10.9. The van der Waals surface area contributed by atoms with Crippen LogP contribution in [0.1, 0.15) is 11.5 Å². The fourth-order valence-electron chi connectivity index (χ4n) is 1.32. The Morgan fingerprint density at radius 1 is 1.56 bits per heavy atom. The van der Waals surface area contributed by atoms with Gasteiger partial charge in [0.1, 0.15) is 5.52 Å². The smallest absolute Gasteiger partial charge is 0.328 e. The van der Waals surface area contributed by atoms with Gasteiger partial charge in [-0.25, -0.2) is 9.78 Å². The quantitative estimate of drug-likeness (QED) is 0.694. The molecule has 16 heavy (non-hydrogen) atoms. The third kappa shape index (κ3) is 2.30. The highest BCUT2D eigenvalue weighted by Crippen LogP contribution is 2.19. The SMILES string of the molecule is O=C(O)/C=C/c1ccc2nc(CBr)oc2c1. The monoisotopic (exact) mass is 281 g/mol. The van der Waals surface area contributed by atoms with Gasteiger partial charge in [-0.2, -0.15) is 0 Å². The number of aromatic nitrogens is 1. The van der Waals surface area contributed by atoms with E-state index in [0.29, 0.717) is 16.8 Å². The predicted molar refractivity (Wildman–Crippen MR) is 63.3 cm³/mol. The third-order valence-corrected chi connectivity index (χ3v) is 2.47. The van der Waals surface area contributed by atoms with Crippen molar-refractivity contribution in [3.8, 4) is 0 Å². The van der Waals surface area contributed by atoms with E-state index < -0.39 is 5.97 Å². The van der Waals surface area contributed by atoms with Crippen molar-refractivity contribution in [2.75, 3.05) is 0 Å². The molecule has 0 spiro atoms. The molecule has 1 heterocycles. The molecule has 0 saturated heterocycles. The highest BCUT2D eigenvalue weighted by molar-refractivity contribution is 9.08. The van der Waals surface area contributed by atoms with Crippen molar-refractivity contribution in [1.82, 2.24) is 4.98 Å². The minimum atomic E-state index is -0.973. The zero-order valence-electron chi connectivity index (χ0n) is 8.18. The fourth-order valence-corrected chi connectivity index (χ4v) is 1.56. The summed E-state index contributed by atoms with van der Waals surface area (Å²) in [6.45, 7) is 0. The maximum atomic E-state index is 10.4. The topological polar surface area (TPSA) is 63.3 Å². The van der Waals surface area contributed by atoms with Crippen molar-refractivity contribution in [1.29, 1.82) is 0 Å². The summed E-state index contributed by atoms with van der Waals surface area (Å²) in [5, 5.41) is 9.06. The lowest BCUT2D eigenvalue weighted by atomic mass is 10.2. The summed E-state index contributed by atoms with van der Waals surface area (Å²) in [4.78, 5) is 14.6. The Labute approximate surface area is 99.7 Å². The van der Waals surface area contributed by atoms with Crippen molar-refractivity contribution in [3.05, 3.63) is 35.7 Å². The second-order valence-corrected chi connectivity index (χ2v) is 3.70. The number of oxazole rings is 1. The van der Waals surface area contributed by atoms with Crippen LogP contribution < -0.4 is 0 Å². The van der Waals surface area contributed by atoms with E-state index in [2.05, 4.69) is 20.9 Å². The van der Waals surface area contributed by atoms with Gasteiger partial charge in [-0.15, -0.1) is 0 Å². The van der Waals surface area contributed by atoms with E-state index in [1.165, 1.54) is 6.08 Å². The van der Waals surface area contributed by atoms with Crippen molar-refractivity contribution in [2.24, 2.45) is 0 Å². The molecule has 4 nitrogen and oxygen atoms in total. The standard InChI is InChI=1S/C11H8BrNO3/c12-6-10-13-8-3-1-7(2-4-11(14)15)5-9(8)16-10/h1-5H,6H2,(H,14,15)/b4-2+. The molecule has 0 aliphatic carbocycles. The first-order valence-electron chi connectivity index (χ1n) is 4.55. The van der Waals surface area contributed by atoms with Gasteiger partial charge >= 0.3 is 5.97 Å². The van der Waals surface area contributed by atoms with Crippen LogP contribution in [0.3, 0.4) is 0 Å². The number of nitrogens with zero attached hydrogens (tertiary/aromatic N) is 1. The number of hydrogen-bond acceptors (Lipinski definition) is 3. The van der Waals surface area contributed by atoms with E-state index in [1.807, 2.05) is 0 Å². The number of hydrogen-bond donors (Lipinski definition) is 1. The van der Waals surface area contributed by atoms with Crippen LogP contribution in [0.15, 0.2) is 28.7 Å². The predicted octanol–water partition coefficient (Wildman–Crippen LogP) is 2.82. The Morgan fingerprint density at radius 3 is 3.06 bits per heavy atom. The summed E-state index contributed by atoms with van der Waals surface area (Å²) in [5.41, 5.74) is 2.19. The van der Waals surface area contributed by atoms with Gasteiger partial charge in [-0.3, -0.25) is 0 Å². The van der Waals surface area contributed by atoms with Gasteiger partial charge in [0.05, 0.1) is 5.33 Å². The van der Waals surface area contributed by atoms with E-state index >= 15 is 0 Å². The maximum Gasteiger partial charge on any atom is 0.328 e. The normalized spacial score (nSPS) is 11.3. The summed E-state index contributed by atoms with van der Waals surface area (Å²) in [6, 6.07) is 5.35. The van der Waals surface area contributed by atoms with Crippen molar-refractivity contribution in [3.63, 3.8) is 0 Å². The van der Waals surface area contributed by atoms with Gasteiger partial charge in [0.25, 0.3) is 0 Å². The highest BCUT2D eigenvalue weighted by atomic mass is 79.9. The van der Waals surface area contributed by atoms with Crippen LogP contribution in [0.5, 0.6) is 0 Å². The number of carboxylic acids is 1. The van der Waals surface area contributed by atoms with E-state index in [1.54, 1.807) is 18.2 Å². The number of benzene rings is 1. The summed E-state index contributed by atoms with van der Waals surface area (Å²) in [6.07, 6.45) is 2.60. The molecule has 0 fully saturated rings. The van der Waals surface area contributed by atoms with Crippen LogP contribution >= 0.6 is 15.9 Å². The summed E-state index contributed by atoms with van der Waals surface area (Å²) in [5.74, 6) is -0.367. The summed E-state index contributed by atoms with van der Waals surface area (Å²) in [7, 11) is 0. The van der Waals surface area contributed by atoms with Gasteiger partial charge in [-0.05, 0) is 23.8 Å².